The van der Waals surface area contributed by atoms with Gasteiger partial charge in [-0.2, -0.15) is 0 Å². The second-order valence-electron chi connectivity index (χ2n) is 8.28. The summed E-state index contributed by atoms with van der Waals surface area (Å²) in [5.74, 6) is -0.120. The molecule has 34 heavy (non-hydrogen) atoms. The van der Waals surface area contributed by atoms with E-state index in [2.05, 4.69) is 12.2 Å². The maximum absolute atomic E-state index is 12.4. The zero-order valence-electron chi connectivity index (χ0n) is 20.2. The maximum Gasteiger partial charge on any atom is 0.338 e. The number of carbonyl (C=O) groups excluding carboxylic acids is 2. The Hall–Kier alpha value is -3.15. The Balaban J connectivity index is 1.70. The standard InChI is InChI=1S/C28H37NO5/c1-2-3-4-5-6-7-11-20-29-27(31)25-18-16-23(17-19-26(25)30)28(32)34-22-13-12-21-33-24-14-9-8-10-15-24/h8-10,14-19H,2-7,11-13,20-22H2,1H3,(H,29,31). The Bertz CT molecular complexity index is 929. The number of rotatable bonds is 16. The van der Waals surface area contributed by atoms with Crippen LogP contribution < -0.4 is 15.5 Å². The molecule has 0 bridgehead atoms. The molecular weight excluding hydrogens is 430 g/mol. The van der Waals surface area contributed by atoms with Crippen LogP contribution in [0.15, 0.2) is 59.4 Å². The SMILES string of the molecule is CCCCCCCCCNC(=O)c1ccc(C(=O)OCCCCOc2ccccc2)ccc1=O. The number of carbonyl (C=O) groups is 2. The molecule has 1 amide bonds. The molecule has 0 aromatic heterocycles. The first-order valence-electron chi connectivity index (χ1n) is 12.4. The molecule has 0 saturated heterocycles. The lowest BCUT2D eigenvalue weighted by molar-refractivity contribution is 0.0494. The van der Waals surface area contributed by atoms with Gasteiger partial charge in [-0.05, 0) is 55.7 Å². The Morgan fingerprint density at radius 2 is 1.44 bits per heavy atom. The number of benzene rings is 1. The highest BCUT2D eigenvalue weighted by atomic mass is 16.5. The molecule has 0 aliphatic carbocycles. The lowest BCUT2D eigenvalue weighted by Gasteiger charge is -2.06. The first kappa shape index (κ1) is 27.1. The molecule has 0 spiro atoms. The molecule has 0 unspecified atom stereocenters. The molecule has 184 valence electrons. The van der Waals surface area contributed by atoms with Crippen LogP contribution in [0.2, 0.25) is 0 Å². The fourth-order valence-electron chi connectivity index (χ4n) is 3.43. The van der Waals surface area contributed by atoms with Gasteiger partial charge in [0.1, 0.15) is 5.75 Å². The third-order valence-electron chi connectivity index (χ3n) is 5.44. The molecule has 0 atom stereocenters. The molecule has 1 N–H and O–H groups in total. The number of ether oxygens (including phenoxy) is 2. The van der Waals surface area contributed by atoms with Crippen LogP contribution >= 0.6 is 0 Å². The summed E-state index contributed by atoms with van der Waals surface area (Å²) in [6, 6.07) is 15.0. The molecule has 6 nitrogen and oxygen atoms in total. The van der Waals surface area contributed by atoms with Crippen molar-refractivity contribution in [3.8, 4) is 5.75 Å². The van der Waals surface area contributed by atoms with Crippen molar-refractivity contribution in [1.29, 1.82) is 0 Å². The largest absolute Gasteiger partial charge is 0.494 e. The van der Waals surface area contributed by atoms with Crippen molar-refractivity contribution in [2.75, 3.05) is 19.8 Å². The molecule has 0 radical (unpaired) electrons. The number of para-hydroxylation sites is 1. The molecular formula is C28H37NO5. The Kier molecular flexibility index (Phi) is 13.1. The first-order valence-corrected chi connectivity index (χ1v) is 12.4. The molecule has 6 heteroatoms. The van der Waals surface area contributed by atoms with E-state index >= 15 is 0 Å². The number of nitrogens with one attached hydrogen (secondary N) is 1. The minimum Gasteiger partial charge on any atom is -0.494 e. The van der Waals surface area contributed by atoms with Crippen LogP contribution in [0.5, 0.6) is 5.75 Å². The van der Waals surface area contributed by atoms with Gasteiger partial charge in [0, 0.05) is 6.54 Å². The quantitative estimate of drug-likeness (QED) is 0.259. The van der Waals surface area contributed by atoms with Gasteiger partial charge in [0.05, 0.1) is 24.3 Å². The van der Waals surface area contributed by atoms with Crippen LogP contribution in [0.1, 0.15) is 85.4 Å². The number of unbranched alkanes of at least 4 members (excludes halogenated alkanes) is 7. The van der Waals surface area contributed by atoms with Gasteiger partial charge in [0.25, 0.3) is 5.91 Å². The van der Waals surface area contributed by atoms with Crippen molar-refractivity contribution >= 4 is 11.9 Å². The topological polar surface area (TPSA) is 81.7 Å². The number of amides is 1. The zero-order chi connectivity index (χ0) is 24.4. The molecule has 0 fully saturated rings. The van der Waals surface area contributed by atoms with E-state index in [-0.39, 0.29) is 17.7 Å². The van der Waals surface area contributed by atoms with E-state index in [1.54, 1.807) is 0 Å². The third-order valence-corrected chi connectivity index (χ3v) is 5.44. The van der Waals surface area contributed by atoms with Crippen LogP contribution in [0.25, 0.3) is 0 Å². The van der Waals surface area contributed by atoms with Gasteiger partial charge in [0.15, 0.2) is 5.43 Å². The monoisotopic (exact) mass is 467 g/mol. The molecule has 0 aliphatic heterocycles. The molecule has 2 aromatic carbocycles. The summed E-state index contributed by atoms with van der Waals surface area (Å²) in [5.41, 5.74) is -0.155. The first-order chi connectivity index (χ1) is 16.6. The van der Waals surface area contributed by atoms with Gasteiger partial charge in [-0.1, -0.05) is 63.6 Å². The average Bonchev–Trinajstić information content (AvgIpc) is 3.05. The van der Waals surface area contributed by atoms with E-state index < -0.39 is 17.3 Å². The summed E-state index contributed by atoms with van der Waals surface area (Å²) in [4.78, 5) is 37.0. The average molecular weight is 468 g/mol. The lowest BCUT2D eigenvalue weighted by Crippen LogP contribution is -2.28. The van der Waals surface area contributed by atoms with Gasteiger partial charge in [-0.15, -0.1) is 0 Å². The van der Waals surface area contributed by atoms with E-state index in [4.69, 9.17) is 9.47 Å². The summed E-state index contributed by atoms with van der Waals surface area (Å²) in [6.07, 6.45) is 9.50. The van der Waals surface area contributed by atoms with Gasteiger partial charge >= 0.3 is 5.97 Å². The predicted octanol–water partition coefficient (Wildman–Crippen LogP) is 5.54. The Labute approximate surface area is 202 Å². The Morgan fingerprint density at radius 1 is 0.765 bits per heavy atom. The van der Waals surface area contributed by atoms with Crippen LogP contribution in [0.3, 0.4) is 0 Å². The molecule has 0 heterocycles. The minimum absolute atomic E-state index is 0.0278. The van der Waals surface area contributed by atoms with Crippen LogP contribution in [-0.2, 0) is 4.74 Å². The van der Waals surface area contributed by atoms with Crippen molar-refractivity contribution in [3.05, 3.63) is 75.9 Å². The summed E-state index contributed by atoms with van der Waals surface area (Å²) in [6.45, 7) is 3.53. The highest BCUT2D eigenvalue weighted by Crippen LogP contribution is 2.09. The normalized spacial score (nSPS) is 10.5. The molecule has 0 aliphatic rings. The highest BCUT2D eigenvalue weighted by Gasteiger charge is 2.11. The molecule has 2 rings (SSSR count). The summed E-state index contributed by atoms with van der Waals surface area (Å²) < 4.78 is 10.9. The summed E-state index contributed by atoms with van der Waals surface area (Å²) in [7, 11) is 0. The van der Waals surface area contributed by atoms with Crippen LogP contribution in [-0.4, -0.2) is 31.6 Å². The zero-order valence-corrected chi connectivity index (χ0v) is 20.2. The summed E-state index contributed by atoms with van der Waals surface area (Å²) >= 11 is 0. The van der Waals surface area contributed by atoms with Gasteiger partial charge in [-0.3, -0.25) is 9.59 Å². The van der Waals surface area contributed by atoms with Crippen molar-refractivity contribution in [2.45, 2.75) is 64.7 Å². The van der Waals surface area contributed by atoms with Crippen LogP contribution in [0, 0.1) is 0 Å². The summed E-state index contributed by atoms with van der Waals surface area (Å²) in [5, 5.41) is 2.80. The lowest BCUT2D eigenvalue weighted by atomic mass is 10.1. The van der Waals surface area contributed by atoms with Crippen molar-refractivity contribution in [3.63, 3.8) is 0 Å². The van der Waals surface area contributed by atoms with E-state index in [1.165, 1.54) is 49.9 Å². The Morgan fingerprint density at radius 3 is 2.21 bits per heavy atom. The van der Waals surface area contributed by atoms with Crippen molar-refractivity contribution < 1.29 is 19.1 Å². The molecule has 2 aromatic rings. The highest BCUT2D eigenvalue weighted by molar-refractivity contribution is 5.95. The number of hydrogen-bond donors (Lipinski definition) is 1. The van der Waals surface area contributed by atoms with E-state index in [0.29, 0.717) is 19.6 Å². The maximum atomic E-state index is 12.4. The van der Waals surface area contributed by atoms with Crippen molar-refractivity contribution in [2.24, 2.45) is 0 Å². The van der Waals surface area contributed by atoms with Crippen molar-refractivity contribution in [1.82, 2.24) is 5.32 Å². The minimum atomic E-state index is -0.519. The number of hydrogen-bond acceptors (Lipinski definition) is 5. The van der Waals surface area contributed by atoms with E-state index in [9.17, 15) is 14.4 Å². The molecule has 0 saturated carbocycles. The van der Waals surface area contributed by atoms with Gasteiger partial charge in [-0.25, -0.2) is 4.79 Å². The fraction of sp³-hybridized carbons (Fsp3) is 0.464. The second-order valence-corrected chi connectivity index (χ2v) is 8.28. The number of esters is 1. The van der Waals surface area contributed by atoms with E-state index in [1.807, 2.05) is 30.3 Å². The smallest absolute Gasteiger partial charge is 0.338 e. The van der Waals surface area contributed by atoms with Gasteiger partial charge in [0.2, 0.25) is 0 Å². The van der Waals surface area contributed by atoms with E-state index in [0.717, 1.165) is 31.4 Å². The third kappa shape index (κ3) is 10.6. The second kappa shape index (κ2) is 16.5. The van der Waals surface area contributed by atoms with Crippen LogP contribution in [0.4, 0.5) is 0 Å². The predicted molar refractivity (Wildman–Crippen MR) is 134 cm³/mol. The van der Waals surface area contributed by atoms with Gasteiger partial charge < -0.3 is 14.8 Å². The fourth-order valence-corrected chi connectivity index (χ4v) is 3.43.